The molecule has 0 spiro atoms. The maximum Gasteiger partial charge on any atom is 0.319 e. The Labute approximate surface area is 127 Å². The Morgan fingerprint density at radius 2 is 1.95 bits per heavy atom. The second-order valence-electron chi connectivity index (χ2n) is 5.00. The summed E-state index contributed by atoms with van der Waals surface area (Å²) in [6.07, 6.45) is 2.48. The molecule has 0 aliphatic heterocycles. The van der Waals surface area contributed by atoms with Gasteiger partial charge in [-0.2, -0.15) is 0 Å². The molecule has 0 radical (unpaired) electrons. The largest absolute Gasteiger partial charge is 0.361 e. The van der Waals surface area contributed by atoms with Crippen LogP contribution in [0.2, 0.25) is 0 Å². The second-order valence-corrected chi connectivity index (χ2v) is 5.00. The Hall–Kier alpha value is -2.82. The highest BCUT2D eigenvalue weighted by atomic mass is 19.1. The molecular weight excluding hydrogens is 281 g/mol. The van der Waals surface area contributed by atoms with Gasteiger partial charge in [-0.3, -0.25) is 0 Å². The van der Waals surface area contributed by atoms with Gasteiger partial charge in [-0.15, -0.1) is 0 Å². The number of aromatic amines is 1. The van der Waals surface area contributed by atoms with Crippen molar-refractivity contribution < 1.29 is 9.18 Å². The van der Waals surface area contributed by atoms with Gasteiger partial charge in [-0.1, -0.05) is 18.2 Å². The van der Waals surface area contributed by atoms with Gasteiger partial charge in [-0.05, 0) is 42.3 Å². The molecule has 0 unspecified atom stereocenters. The van der Waals surface area contributed by atoms with Crippen molar-refractivity contribution in [1.82, 2.24) is 10.3 Å². The third kappa shape index (κ3) is 3.25. The van der Waals surface area contributed by atoms with E-state index in [1.807, 2.05) is 36.5 Å². The average Bonchev–Trinajstić information content (AvgIpc) is 2.91. The van der Waals surface area contributed by atoms with Crippen LogP contribution < -0.4 is 10.6 Å². The summed E-state index contributed by atoms with van der Waals surface area (Å²) in [7, 11) is 0. The van der Waals surface area contributed by atoms with E-state index in [0.717, 1.165) is 22.2 Å². The number of carbonyl (C=O) groups is 1. The number of para-hydroxylation sites is 1. The van der Waals surface area contributed by atoms with Crippen LogP contribution in [0, 0.1) is 5.82 Å². The number of amides is 2. The van der Waals surface area contributed by atoms with E-state index in [4.69, 9.17) is 0 Å². The molecule has 2 amide bonds. The average molecular weight is 297 g/mol. The molecule has 0 aliphatic carbocycles. The van der Waals surface area contributed by atoms with Crippen LogP contribution in [-0.2, 0) is 6.42 Å². The van der Waals surface area contributed by atoms with E-state index in [1.54, 1.807) is 6.07 Å². The van der Waals surface area contributed by atoms with Crippen molar-refractivity contribution in [3.63, 3.8) is 0 Å². The van der Waals surface area contributed by atoms with Gasteiger partial charge in [0.15, 0.2) is 0 Å². The molecule has 3 N–H and O–H groups in total. The zero-order valence-electron chi connectivity index (χ0n) is 11.9. The van der Waals surface area contributed by atoms with E-state index in [2.05, 4.69) is 15.6 Å². The summed E-state index contributed by atoms with van der Waals surface area (Å²) in [6.45, 7) is 0.474. The molecule has 0 aliphatic rings. The minimum atomic E-state index is -0.261. The molecule has 2 aromatic carbocycles. The van der Waals surface area contributed by atoms with Gasteiger partial charge in [0.25, 0.3) is 0 Å². The van der Waals surface area contributed by atoms with E-state index in [-0.39, 0.29) is 11.8 Å². The first kappa shape index (κ1) is 14.1. The summed E-state index contributed by atoms with van der Waals surface area (Å²) < 4.78 is 13.3. The summed E-state index contributed by atoms with van der Waals surface area (Å²) in [5.41, 5.74) is 2.62. The van der Waals surface area contributed by atoms with Crippen LogP contribution in [-0.4, -0.2) is 17.6 Å². The molecule has 112 valence electrons. The smallest absolute Gasteiger partial charge is 0.319 e. The van der Waals surface area contributed by atoms with E-state index < -0.39 is 0 Å². The third-order valence-electron chi connectivity index (χ3n) is 3.44. The van der Waals surface area contributed by atoms with Gasteiger partial charge >= 0.3 is 6.03 Å². The Morgan fingerprint density at radius 3 is 2.77 bits per heavy atom. The second kappa shape index (κ2) is 6.30. The molecule has 5 heteroatoms. The Kier molecular flexibility index (Phi) is 4.05. The lowest BCUT2D eigenvalue weighted by molar-refractivity contribution is 0.252. The standard InChI is InChI=1S/C17H16FN3O/c18-13-6-7-16-15(10-13)12(11-20-16)8-9-19-17(22)21-14-4-2-1-3-5-14/h1-7,10-11,20H,8-9H2,(H2,19,21,22). The topological polar surface area (TPSA) is 56.9 Å². The monoisotopic (exact) mass is 297 g/mol. The molecule has 0 fully saturated rings. The molecule has 3 aromatic rings. The van der Waals surface area contributed by atoms with Crippen LogP contribution in [0.25, 0.3) is 10.9 Å². The van der Waals surface area contributed by atoms with E-state index in [9.17, 15) is 9.18 Å². The van der Waals surface area contributed by atoms with Crippen molar-refractivity contribution >= 4 is 22.6 Å². The number of fused-ring (bicyclic) bond motifs is 1. The molecule has 1 aromatic heterocycles. The maximum absolute atomic E-state index is 13.3. The lowest BCUT2D eigenvalue weighted by Crippen LogP contribution is -2.30. The first-order chi connectivity index (χ1) is 10.7. The predicted molar refractivity (Wildman–Crippen MR) is 85.4 cm³/mol. The van der Waals surface area contributed by atoms with Gasteiger partial charge in [-0.25, -0.2) is 9.18 Å². The van der Waals surface area contributed by atoms with Crippen LogP contribution >= 0.6 is 0 Å². The quantitative estimate of drug-likeness (QED) is 0.676. The van der Waals surface area contributed by atoms with Crippen molar-refractivity contribution in [2.24, 2.45) is 0 Å². The molecule has 0 bridgehead atoms. The lowest BCUT2D eigenvalue weighted by Gasteiger charge is -2.07. The van der Waals surface area contributed by atoms with E-state index in [0.29, 0.717) is 13.0 Å². The first-order valence-electron chi connectivity index (χ1n) is 7.08. The zero-order chi connectivity index (χ0) is 15.4. The Morgan fingerprint density at radius 1 is 1.14 bits per heavy atom. The highest BCUT2D eigenvalue weighted by Crippen LogP contribution is 2.19. The molecule has 0 saturated heterocycles. The summed E-state index contributed by atoms with van der Waals surface area (Å²) >= 11 is 0. The van der Waals surface area contributed by atoms with Gasteiger partial charge in [0.05, 0.1) is 0 Å². The number of hydrogen-bond donors (Lipinski definition) is 3. The van der Waals surface area contributed by atoms with Gasteiger partial charge in [0.2, 0.25) is 0 Å². The zero-order valence-corrected chi connectivity index (χ0v) is 11.9. The number of hydrogen-bond acceptors (Lipinski definition) is 1. The molecule has 0 atom stereocenters. The number of benzene rings is 2. The van der Waals surface area contributed by atoms with Crippen molar-refractivity contribution in [3.8, 4) is 0 Å². The molecule has 22 heavy (non-hydrogen) atoms. The van der Waals surface area contributed by atoms with Gasteiger partial charge < -0.3 is 15.6 Å². The maximum atomic E-state index is 13.3. The lowest BCUT2D eigenvalue weighted by atomic mass is 10.1. The number of aromatic nitrogens is 1. The molecule has 1 heterocycles. The number of urea groups is 1. The first-order valence-corrected chi connectivity index (χ1v) is 7.08. The van der Waals surface area contributed by atoms with Crippen LogP contribution in [0.5, 0.6) is 0 Å². The number of carbonyl (C=O) groups excluding carboxylic acids is 1. The predicted octanol–water partition coefficient (Wildman–Crippen LogP) is 3.67. The Bertz CT molecular complexity index is 783. The highest BCUT2D eigenvalue weighted by Gasteiger charge is 2.06. The SMILES string of the molecule is O=C(NCCc1c[nH]c2ccc(F)cc12)Nc1ccccc1. The number of nitrogens with one attached hydrogen (secondary N) is 3. The van der Waals surface area contributed by atoms with Gasteiger partial charge in [0.1, 0.15) is 5.82 Å². The minimum absolute atomic E-state index is 0.253. The fraction of sp³-hybridized carbons (Fsp3) is 0.118. The number of H-pyrrole nitrogens is 1. The molecule has 0 saturated carbocycles. The fourth-order valence-corrected chi connectivity index (χ4v) is 2.36. The number of anilines is 1. The van der Waals surface area contributed by atoms with Crippen LogP contribution in [0.4, 0.5) is 14.9 Å². The summed E-state index contributed by atoms with van der Waals surface area (Å²) in [5, 5.41) is 6.39. The van der Waals surface area contributed by atoms with Crippen LogP contribution in [0.15, 0.2) is 54.7 Å². The normalized spacial score (nSPS) is 10.6. The molecule has 3 rings (SSSR count). The van der Waals surface area contributed by atoms with Crippen molar-refractivity contribution in [1.29, 1.82) is 0 Å². The van der Waals surface area contributed by atoms with Crippen LogP contribution in [0.1, 0.15) is 5.56 Å². The molecular formula is C17H16FN3O. The fourth-order valence-electron chi connectivity index (χ4n) is 2.36. The van der Waals surface area contributed by atoms with Crippen molar-refractivity contribution in [2.45, 2.75) is 6.42 Å². The third-order valence-corrected chi connectivity index (χ3v) is 3.44. The highest BCUT2D eigenvalue weighted by molar-refractivity contribution is 5.89. The minimum Gasteiger partial charge on any atom is -0.361 e. The number of halogens is 1. The summed E-state index contributed by atoms with van der Waals surface area (Å²) in [5.74, 6) is -0.261. The van der Waals surface area contributed by atoms with Crippen molar-refractivity contribution in [2.75, 3.05) is 11.9 Å². The number of rotatable bonds is 4. The molecule has 4 nitrogen and oxygen atoms in total. The van der Waals surface area contributed by atoms with E-state index >= 15 is 0 Å². The van der Waals surface area contributed by atoms with Gasteiger partial charge in [0, 0.05) is 29.3 Å². The Balaban J connectivity index is 1.56. The van der Waals surface area contributed by atoms with Crippen LogP contribution in [0.3, 0.4) is 0 Å². The summed E-state index contributed by atoms with van der Waals surface area (Å²) in [6, 6.07) is 13.6. The van der Waals surface area contributed by atoms with E-state index in [1.165, 1.54) is 12.1 Å². The summed E-state index contributed by atoms with van der Waals surface area (Å²) in [4.78, 5) is 14.9. The van der Waals surface area contributed by atoms with Crippen molar-refractivity contribution in [3.05, 3.63) is 66.1 Å².